The lowest BCUT2D eigenvalue weighted by atomic mass is 9.78. The van der Waals surface area contributed by atoms with Crippen molar-refractivity contribution < 1.29 is 58.6 Å². The predicted octanol–water partition coefficient (Wildman–Crippen LogP) is 13.3. The highest BCUT2D eigenvalue weighted by molar-refractivity contribution is 5.72. The van der Waals surface area contributed by atoms with Crippen LogP contribution in [-0.2, 0) is 96.3 Å². The zero-order valence-corrected chi connectivity index (χ0v) is 49.8. The zero-order chi connectivity index (χ0) is 58.3. The third-order valence-electron chi connectivity index (χ3n) is 14.0. The van der Waals surface area contributed by atoms with Crippen LogP contribution >= 0.6 is 0 Å². The fraction of sp³-hybridized carbons (Fsp3) is 0.569. The lowest BCUT2D eigenvalue weighted by Gasteiger charge is -2.32. The highest BCUT2D eigenvalue weighted by Gasteiger charge is 2.39. The van der Waals surface area contributed by atoms with E-state index in [1.165, 1.54) is 0 Å². The largest absolute Gasteiger partial charge is 0.508 e. The number of ether oxygens (including phenoxy) is 4. The Bertz CT molecular complexity index is 2460. The maximum absolute atomic E-state index is 13.9. The minimum Gasteiger partial charge on any atom is -0.508 e. The first-order valence-corrected chi connectivity index (χ1v) is 27.2. The standard InChI is InChI=1S/C65H92O12/c1-59(2,3)47-35-45(66)25-21-43(47)23-29-55(70)76-39-65(40-77-56(71)30-24-44-22-26-46(67)36-48(44)60(4,5)6,37-74-53(68)27-19-41-31-49(61(7,8)9)57(72)50(32-41)62(10,11)12)38-75-54(69)28-20-42-33-51(63(13,14)15)58(73)52(34-42)64(16,17)18/h21-22,25-26,31-36,66-67,72-73H,19-20,23-24,27-30,37-40H2,1-18H3. The fourth-order valence-electron chi connectivity index (χ4n) is 9.36. The number of aromatic hydroxyl groups is 4. The second kappa shape index (κ2) is 24.7. The van der Waals surface area contributed by atoms with Crippen molar-refractivity contribution >= 4 is 23.9 Å². The topological polar surface area (TPSA) is 186 Å². The van der Waals surface area contributed by atoms with Gasteiger partial charge in [-0.2, -0.15) is 0 Å². The Hall–Kier alpha value is -6.04. The number of phenols is 4. The van der Waals surface area contributed by atoms with Crippen LogP contribution in [0.15, 0.2) is 60.7 Å². The molecule has 4 rings (SSSR count). The number of aryl methyl sites for hydroxylation is 4. The third-order valence-corrected chi connectivity index (χ3v) is 14.0. The molecule has 0 aliphatic heterocycles. The van der Waals surface area contributed by atoms with Gasteiger partial charge in [-0.05, 0) is 138 Å². The van der Waals surface area contributed by atoms with Crippen LogP contribution in [0.1, 0.15) is 206 Å². The Morgan fingerprint density at radius 2 is 0.571 bits per heavy atom. The number of carbonyl (C=O) groups excluding carboxylic acids is 4. The summed E-state index contributed by atoms with van der Waals surface area (Å²) < 4.78 is 24.1. The maximum atomic E-state index is 13.9. The number of hydrogen-bond acceptors (Lipinski definition) is 12. The summed E-state index contributed by atoms with van der Waals surface area (Å²) in [7, 11) is 0. The number of benzene rings is 4. The summed E-state index contributed by atoms with van der Waals surface area (Å²) in [6.45, 7) is 34.5. The molecular formula is C65H92O12. The molecule has 0 amide bonds. The highest BCUT2D eigenvalue weighted by atomic mass is 16.6. The van der Waals surface area contributed by atoms with Crippen molar-refractivity contribution in [3.8, 4) is 23.0 Å². The van der Waals surface area contributed by atoms with E-state index < -0.39 is 55.7 Å². The smallest absolute Gasteiger partial charge is 0.306 e. The van der Waals surface area contributed by atoms with E-state index in [1.807, 2.05) is 149 Å². The number of hydrogen-bond donors (Lipinski definition) is 4. The Balaban J connectivity index is 1.70. The van der Waals surface area contributed by atoms with Gasteiger partial charge >= 0.3 is 23.9 Å². The second-order valence-electron chi connectivity index (χ2n) is 27.4. The van der Waals surface area contributed by atoms with Crippen LogP contribution in [0.2, 0.25) is 0 Å². The van der Waals surface area contributed by atoms with Gasteiger partial charge in [0.15, 0.2) is 0 Å². The Labute approximate surface area is 460 Å². The van der Waals surface area contributed by atoms with E-state index in [0.29, 0.717) is 12.8 Å². The van der Waals surface area contributed by atoms with Crippen molar-refractivity contribution in [2.75, 3.05) is 26.4 Å². The number of phenolic OH excluding ortho intramolecular Hbond substituents is 4. The minimum absolute atomic E-state index is 0.0501. The molecule has 4 aromatic carbocycles. The van der Waals surface area contributed by atoms with Gasteiger partial charge < -0.3 is 39.4 Å². The van der Waals surface area contributed by atoms with Crippen LogP contribution in [0.3, 0.4) is 0 Å². The Kier molecular flexibility index (Phi) is 20.4. The average Bonchev–Trinajstić information content (AvgIpc) is 3.29. The molecule has 0 saturated carbocycles. The van der Waals surface area contributed by atoms with Gasteiger partial charge in [0.2, 0.25) is 0 Å². The fourth-order valence-corrected chi connectivity index (χ4v) is 9.36. The first kappa shape index (κ1) is 63.5. The predicted molar refractivity (Wildman–Crippen MR) is 304 cm³/mol. The average molecular weight is 1070 g/mol. The van der Waals surface area contributed by atoms with Gasteiger partial charge in [-0.15, -0.1) is 0 Å². The van der Waals surface area contributed by atoms with Crippen molar-refractivity contribution in [1.29, 1.82) is 0 Å². The Morgan fingerprint density at radius 1 is 0.338 bits per heavy atom. The summed E-state index contributed by atoms with van der Waals surface area (Å²) in [5, 5.41) is 43.3. The van der Waals surface area contributed by atoms with E-state index in [9.17, 15) is 39.6 Å². The molecule has 0 radical (unpaired) electrons. The van der Waals surface area contributed by atoms with Gasteiger partial charge in [0.25, 0.3) is 0 Å². The van der Waals surface area contributed by atoms with Crippen molar-refractivity contribution in [2.45, 2.75) is 208 Å². The SMILES string of the molecule is CC(C)(C)c1cc(O)ccc1CCC(=O)OCC(COC(=O)CCc1cc(C(C)(C)C)c(O)c(C(C)(C)C)c1)(COC(=O)CCc1cc(C(C)(C)C)c(O)c(C(C)(C)C)c1)COC(=O)CCc1ccc(O)cc1C(C)(C)C. The molecule has 424 valence electrons. The summed E-state index contributed by atoms with van der Waals surface area (Å²) in [4.78, 5) is 55.5. The van der Waals surface area contributed by atoms with E-state index in [-0.39, 0.29) is 94.0 Å². The molecule has 0 aliphatic carbocycles. The van der Waals surface area contributed by atoms with Crippen LogP contribution in [-0.4, -0.2) is 70.7 Å². The van der Waals surface area contributed by atoms with E-state index in [1.54, 1.807) is 36.4 Å². The summed E-state index contributed by atoms with van der Waals surface area (Å²) >= 11 is 0. The molecule has 0 aliphatic rings. The number of esters is 4. The molecule has 0 aromatic heterocycles. The van der Waals surface area contributed by atoms with Crippen molar-refractivity contribution in [3.05, 3.63) is 116 Å². The quantitative estimate of drug-likeness (QED) is 0.0485. The van der Waals surface area contributed by atoms with Crippen molar-refractivity contribution in [1.82, 2.24) is 0 Å². The molecule has 0 bridgehead atoms. The molecule has 0 spiro atoms. The van der Waals surface area contributed by atoms with Gasteiger partial charge in [-0.1, -0.05) is 161 Å². The molecule has 4 N–H and O–H groups in total. The van der Waals surface area contributed by atoms with Gasteiger partial charge in [0, 0.05) is 25.7 Å². The molecule has 12 heteroatoms. The minimum atomic E-state index is -1.56. The Morgan fingerprint density at radius 3 is 0.805 bits per heavy atom. The zero-order valence-electron chi connectivity index (χ0n) is 49.8. The van der Waals surface area contributed by atoms with E-state index in [0.717, 1.165) is 55.6 Å². The lowest BCUT2D eigenvalue weighted by molar-refractivity contribution is -0.170. The number of carbonyl (C=O) groups is 4. The molecule has 0 heterocycles. The van der Waals surface area contributed by atoms with Crippen molar-refractivity contribution in [3.63, 3.8) is 0 Å². The molecule has 12 nitrogen and oxygen atoms in total. The van der Waals surface area contributed by atoms with Crippen LogP contribution in [0.4, 0.5) is 0 Å². The van der Waals surface area contributed by atoms with Gasteiger partial charge in [0.05, 0.1) is 0 Å². The van der Waals surface area contributed by atoms with E-state index >= 15 is 0 Å². The lowest BCUT2D eigenvalue weighted by Crippen LogP contribution is -2.44. The molecule has 4 aromatic rings. The molecule has 0 atom stereocenters. The second-order valence-corrected chi connectivity index (χ2v) is 27.4. The van der Waals surface area contributed by atoms with Crippen LogP contribution in [0.25, 0.3) is 0 Å². The monoisotopic (exact) mass is 1060 g/mol. The van der Waals surface area contributed by atoms with Gasteiger partial charge in [-0.3, -0.25) is 19.2 Å². The summed E-state index contributed by atoms with van der Waals surface area (Å²) in [6.07, 6.45) is 0.936. The third kappa shape index (κ3) is 18.6. The number of rotatable bonds is 20. The van der Waals surface area contributed by atoms with Crippen LogP contribution in [0, 0.1) is 5.41 Å². The van der Waals surface area contributed by atoms with Crippen molar-refractivity contribution in [2.24, 2.45) is 5.41 Å². The molecule has 0 fully saturated rings. The normalized spacial score (nSPS) is 12.8. The van der Waals surface area contributed by atoms with Gasteiger partial charge in [0.1, 0.15) is 54.8 Å². The molecular weight excluding hydrogens is 973 g/mol. The van der Waals surface area contributed by atoms with Crippen LogP contribution in [0.5, 0.6) is 23.0 Å². The van der Waals surface area contributed by atoms with Gasteiger partial charge in [-0.25, -0.2) is 0 Å². The van der Waals surface area contributed by atoms with E-state index in [2.05, 4.69) is 0 Å². The highest BCUT2D eigenvalue weighted by Crippen LogP contribution is 2.42. The summed E-state index contributed by atoms with van der Waals surface area (Å²) in [5.41, 5.74) is 4.37. The molecule has 0 saturated heterocycles. The molecule has 0 unspecified atom stereocenters. The van der Waals surface area contributed by atoms with E-state index in [4.69, 9.17) is 18.9 Å². The summed E-state index contributed by atoms with van der Waals surface area (Å²) in [5.74, 6) is -1.71. The summed E-state index contributed by atoms with van der Waals surface area (Å²) in [6, 6.07) is 17.8. The first-order chi connectivity index (χ1) is 35.2. The molecule has 77 heavy (non-hydrogen) atoms. The van der Waals surface area contributed by atoms with Crippen LogP contribution < -0.4 is 0 Å². The maximum Gasteiger partial charge on any atom is 0.306 e. The first-order valence-electron chi connectivity index (χ1n) is 27.2.